The fraction of sp³-hybridized carbons (Fsp3) is 0.583. The number of unbranched alkanes of at least 4 members (excludes halogenated alkanes) is 1. The lowest BCUT2D eigenvalue weighted by Gasteiger charge is -2.12. The minimum atomic E-state index is 0.579. The first-order chi connectivity index (χ1) is 7.22. The van der Waals surface area contributed by atoms with Crippen LogP contribution in [0.4, 0.5) is 0 Å². The molecule has 0 aliphatic carbocycles. The predicted octanol–water partition coefficient (Wildman–Crippen LogP) is 3.51. The van der Waals surface area contributed by atoms with Crippen molar-refractivity contribution in [1.82, 2.24) is 10.3 Å². The maximum Gasteiger partial charge on any atom is 0.0542 e. The molecule has 1 N–H and O–H groups in total. The third kappa shape index (κ3) is 5.28. The van der Waals surface area contributed by atoms with Crippen molar-refractivity contribution in [1.29, 1.82) is 0 Å². The number of nitrogens with one attached hydrogen (secondary N) is 1. The van der Waals surface area contributed by atoms with Crippen molar-refractivity contribution >= 4 is 15.9 Å². The molecule has 15 heavy (non-hydrogen) atoms. The van der Waals surface area contributed by atoms with E-state index in [0.29, 0.717) is 6.04 Å². The normalized spacial score (nSPS) is 12.7. The number of aromatic nitrogens is 1. The summed E-state index contributed by atoms with van der Waals surface area (Å²) >= 11 is 3.38. The fourth-order valence-electron chi connectivity index (χ4n) is 1.40. The number of hydrogen-bond donors (Lipinski definition) is 1. The van der Waals surface area contributed by atoms with Crippen LogP contribution in [0.15, 0.2) is 22.8 Å². The minimum absolute atomic E-state index is 0.579. The molecule has 0 spiro atoms. The summed E-state index contributed by atoms with van der Waals surface area (Å²) < 4.78 is 1.03. The number of hydrogen-bond acceptors (Lipinski definition) is 2. The van der Waals surface area contributed by atoms with Crippen LogP contribution in [0, 0.1) is 0 Å². The Kier molecular flexibility index (Phi) is 5.88. The van der Waals surface area contributed by atoms with Crippen LogP contribution in [0.25, 0.3) is 0 Å². The smallest absolute Gasteiger partial charge is 0.0542 e. The summed E-state index contributed by atoms with van der Waals surface area (Å²) in [6.45, 7) is 5.32. The van der Waals surface area contributed by atoms with E-state index in [4.69, 9.17) is 0 Å². The average molecular weight is 271 g/mol. The van der Waals surface area contributed by atoms with E-state index in [2.05, 4.69) is 40.1 Å². The van der Waals surface area contributed by atoms with Gasteiger partial charge in [-0.2, -0.15) is 0 Å². The van der Waals surface area contributed by atoms with Gasteiger partial charge in [-0.05, 0) is 41.4 Å². The monoisotopic (exact) mass is 270 g/mol. The number of pyridine rings is 1. The Hall–Kier alpha value is -0.410. The Morgan fingerprint density at radius 3 is 2.87 bits per heavy atom. The lowest BCUT2D eigenvalue weighted by Crippen LogP contribution is -2.25. The summed E-state index contributed by atoms with van der Waals surface area (Å²) in [6, 6.07) is 4.65. The molecule has 1 aromatic rings. The van der Waals surface area contributed by atoms with Crippen molar-refractivity contribution in [2.24, 2.45) is 0 Å². The van der Waals surface area contributed by atoms with Crippen LogP contribution in [-0.4, -0.2) is 11.0 Å². The quantitative estimate of drug-likeness (QED) is 0.856. The predicted molar refractivity (Wildman–Crippen MR) is 67.8 cm³/mol. The third-order valence-electron chi connectivity index (χ3n) is 2.41. The fourth-order valence-corrected chi connectivity index (χ4v) is 1.64. The Morgan fingerprint density at radius 1 is 1.47 bits per heavy atom. The van der Waals surface area contributed by atoms with Gasteiger partial charge in [0.25, 0.3) is 0 Å². The molecule has 84 valence electrons. The van der Waals surface area contributed by atoms with Crippen LogP contribution in [-0.2, 0) is 6.54 Å². The first kappa shape index (κ1) is 12.7. The maximum atomic E-state index is 4.32. The molecule has 0 bridgehead atoms. The zero-order valence-electron chi connectivity index (χ0n) is 9.46. The minimum Gasteiger partial charge on any atom is -0.309 e. The third-order valence-corrected chi connectivity index (χ3v) is 2.88. The van der Waals surface area contributed by atoms with E-state index in [1.54, 1.807) is 0 Å². The molecule has 0 fully saturated rings. The van der Waals surface area contributed by atoms with Crippen molar-refractivity contribution in [3.05, 3.63) is 28.5 Å². The van der Waals surface area contributed by atoms with E-state index in [0.717, 1.165) is 16.7 Å². The van der Waals surface area contributed by atoms with Crippen molar-refractivity contribution in [2.45, 2.75) is 45.7 Å². The van der Waals surface area contributed by atoms with Gasteiger partial charge in [0.15, 0.2) is 0 Å². The van der Waals surface area contributed by atoms with Crippen molar-refractivity contribution in [3.63, 3.8) is 0 Å². The molecule has 0 aromatic carbocycles. The molecule has 1 atom stereocenters. The van der Waals surface area contributed by atoms with Gasteiger partial charge in [-0.1, -0.05) is 19.8 Å². The van der Waals surface area contributed by atoms with E-state index in [-0.39, 0.29) is 0 Å². The highest BCUT2D eigenvalue weighted by Crippen LogP contribution is 2.07. The Balaban J connectivity index is 2.27. The van der Waals surface area contributed by atoms with Gasteiger partial charge in [0.05, 0.1) is 5.69 Å². The molecule has 1 rings (SSSR count). The summed E-state index contributed by atoms with van der Waals surface area (Å²) in [7, 11) is 0. The highest BCUT2D eigenvalue weighted by atomic mass is 79.9. The second-order valence-corrected chi connectivity index (χ2v) is 4.81. The molecule has 0 saturated carbocycles. The highest BCUT2D eigenvalue weighted by Gasteiger charge is 2.01. The van der Waals surface area contributed by atoms with Crippen LogP contribution >= 0.6 is 15.9 Å². The number of nitrogens with zero attached hydrogens (tertiary/aromatic N) is 1. The number of rotatable bonds is 6. The van der Waals surface area contributed by atoms with E-state index in [1.165, 1.54) is 19.3 Å². The average Bonchev–Trinajstić information content (AvgIpc) is 2.25. The molecular weight excluding hydrogens is 252 g/mol. The standard InChI is InChI=1S/C12H19BrN2/c1-3-4-5-10(2)14-9-12-7-6-11(13)8-15-12/h6-8,10,14H,3-5,9H2,1-2H3. The maximum absolute atomic E-state index is 4.32. The summed E-state index contributed by atoms with van der Waals surface area (Å²) in [5.41, 5.74) is 1.10. The molecule has 0 aliphatic rings. The zero-order valence-corrected chi connectivity index (χ0v) is 11.0. The van der Waals surface area contributed by atoms with Crippen molar-refractivity contribution in [3.8, 4) is 0 Å². The molecule has 0 radical (unpaired) electrons. The highest BCUT2D eigenvalue weighted by molar-refractivity contribution is 9.10. The second kappa shape index (κ2) is 6.96. The first-order valence-corrected chi connectivity index (χ1v) is 6.35. The van der Waals surface area contributed by atoms with Gasteiger partial charge >= 0.3 is 0 Å². The van der Waals surface area contributed by atoms with Gasteiger partial charge in [-0.25, -0.2) is 0 Å². The number of halogens is 1. The van der Waals surface area contributed by atoms with Crippen LogP contribution in [0.1, 0.15) is 38.8 Å². The van der Waals surface area contributed by atoms with Gasteiger partial charge in [-0.15, -0.1) is 0 Å². The lowest BCUT2D eigenvalue weighted by atomic mass is 10.1. The van der Waals surface area contributed by atoms with Gasteiger partial charge in [-0.3, -0.25) is 4.98 Å². The van der Waals surface area contributed by atoms with E-state index >= 15 is 0 Å². The van der Waals surface area contributed by atoms with Gasteiger partial charge in [0.1, 0.15) is 0 Å². The SMILES string of the molecule is CCCCC(C)NCc1ccc(Br)cn1. The van der Waals surface area contributed by atoms with E-state index in [1.807, 2.05) is 18.3 Å². The van der Waals surface area contributed by atoms with Crippen LogP contribution in [0.3, 0.4) is 0 Å². The van der Waals surface area contributed by atoms with Gasteiger partial charge in [0.2, 0.25) is 0 Å². The van der Waals surface area contributed by atoms with Crippen LogP contribution in [0.5, 0.6) is 0 Å². The molecule has 1 heterocycles. The van der Waals surface area contributed by atoms with E-state index < -0.39 is 0 Å². The molecule has 0 saturated heterocycles. The topological polar surface area (TPSA) is 24.9 Å². The molecule has 0 amide bonds. The summed E-state index contributed by atoms with van der Waals surface area (Å²) in [5, 5.41) is 3.48. The summed E-state index contributed by atoms with van der Waals surface area (Å²) in [6.07, 6.45) is 5.64. The van der Waals surface area contributed by atoms with Crippen LogP contribution < -0.4 is 5.32 Å². The summed E-state index contributed by atoms with van der Waals surface area (Å²) in [4.78, 5) is 4.32. The molecule has 2 nitrogen and oxygen atoms in total. The molecule has 3 heteroatoms. The molecule has 0 aliphatic heterocycles. The van der Waals surface area contributed by atoms with Crippen molar-refractivity contribution in [2.75, 3.05) is 0 Å². The Bertz CT molecular complexity index is 271. The van der Waals surface area contributed by atoms with E-state index in [9.17, 15) is 0 Å². The molecular formula is C12H19BrN2. The van der Waals surface area contributed by atoms with Crippen molar-refractivity contribution < 1.29 is 0 Å². The zero-order chi connectivity index (χ0) is 11.1. The molecule has 1 unspecified atom stereocenters. The molecule has 1 aromatic heterocycles. The largest absolute Gasteiger partial charge is 0.309 e. The van der Waals surface area contributed by atoms with Gasteiger partial charge in [0, 0.05) is 23.3 Å². The first-order valence-electron chi connectivity index (χ1n) is 5.56. The summed E-state index contributed by atoms with van der Waals surface area (Å²) in [5.74, 6) is 0. The Morgan fingerprint density at radius 2 is 2.27 bits per heavy atom. The lowest BCUT2D eigenvalue weighted by molar-refractivity contribution is 0.491. The second-order valence-electron chi connectivity index (χ2n) is 3.89. The van der Waals surface area contributed by atoms with Gasteiger partial charge < -0.3 is 5.32 Å². The van der Waals surface area contributed by atoms with Crippen LogP contribution in [0.2, 0.25) is 0 Å². The Labute approximate surface area is 101 Å².